The van der Waals surface area contributed by atoms with Crippen LogP contribution in [0.3, 0.4) is 0 Å². The van der Waals surface area contributed by atoms with Crippen LogP contribution in [0.5, 0.6) is 0 Å². The van der Waals surface area contributed by atoms with Gasteiger partial charge in [0.15, 0.2) is 4.34 Å². The van der Waals surface area contributed by atoms with Crippen LogP contribution in [0.2, 0.25) is 0 Å². The summed E-state index contributed by atoms with van der Waals surface area (Å²) in [7, 11) is 0. The van der Waals surface area contributed by atoms with Crippen LogP contribution in [0.15, 0.2) is 4.34 Å². The average Bonchev–Trinajstić information content (AvgIpc) is 2.58. The second kappa shape index (κ2) is 6.01. The molecule has 0 saturated carbocycles. The van der Waals surface area contributed by atoms with Crippen molar-refractivity contribution in [3.63, 3.8) is 0 Å². The van der Waals surface area contributed by atoms with E-state index in [2.05, 4.69) is 20.8 Å². The smallest absolute Gasteiger partial charge is 0.321 e. The second-order valence-corrected chi connectivity index (χ2v) is 6.68. The molecule has 1 heterocycles. The second-order valence-electron chi connectivity index (χ2n) is 4.45. The van der Waals surface area contributed by atoms with Crippen LogP contribution in [-0.2, 0) is 4.79 Å². The Bertz CT molecular complexity index is 440. The number of amides is 3. The number of nitrogens with one attached hydrogen (secondary N) is 2. The quantitative estimate of drug-likeness (QED) is 0.711. The van der Waals surface area contributed by atoms with E-state index in [4.69, 9.17) is 5.73 Å². The van der Waals surface area contributed by atoms with Crippen LogP contribution in [0.1, 0.15) is 20.8 Å². The van der Waals surface area contributed by atoms with Gasteiger partial charge in [-0.2, -0.15) is 0 Å². The normalized spacial score (nSPS) is 11.1. The average molecular weight is 289 g/mol. The van der Waals surface area contributed by atoms with Crippen molar-refractivity contribution in [3.8, 4) is 0 Å². The fourth-order valence-electron chi connectivity index (χ4n) is 0.941. The molecule has 0 aliphatic carbocycles. The summed E-state index contributed by atoms with van der Waals surface area (Å²) in [6.45, 7) is 5.49. The molecule has 1 aromatic heterocycles. The first-order valence-corrected chi connectivity index (χ1v) is 6.90. The van der Waals surface area contributed by atoms with Gasteiger partial charge in [-0.15, -0.1) is 10.2 Å². The van der Waals surface area contributed by atoms with E-state index < -0.39 is 11.9 Å². The van der Waals surface area contributed by atoms with E-state index in [1.54, 1.807) is 0 Å². The molecule has 0 radical (unpaired) electrons. The van der Waals surface area contributed by atoms with E-state index in [0.29, 0.717) is 9.47 Å². The van der Waals surface area contributed by atoms with Gasteiger partial charge in [-0.25, -0.2) is 4.79 Å². The highest BCUT2D eigenvalue weighted by Gasteiger charge is 2.16. The fourth-order valence-corrected chi connectivity index (χ4v) is 2.38. The number of aromatic nitrogens is 2. The number of nitrogens with zero attached hydrogens (tertiary/aromatic N) is 2. The lowest BCUT2D eigenvalue weighted by Gasteiger charge is -2.20. The van der Waals surface area contributed by atoms with Crippen LogP contribution in [-0.4, -0.2) is 33.4 Å². The molecule has 0 aromatic carbocycles. The van der Waals surface area contributed by atoms with Gasteiger partial charge < -0.3 is 11.1 Å². The number of hydrogen-bond acceptors (Lipinski definition) is 7. The summed E-state index contributed by atoms with van der Waals surface area (Å²) >= 11 is 2.38. The first-order valence-electron chi connectivity index (χ1n) is 5.10. The van der Waals surface area contributed by atoms with Crippen molar-refractivity contribution < 1.29 is 9.59 Å². The molecule has 0 saturated heterocycles. The monoisotopic (exact) mass is 289 g/mol. The number of carbonyl (C=O) groups excluding carboxylic acids is 2. The van der Waals surface area contributed by atoms with Gasteiger partial charge in [-0.1, -0.05) is 23.1 Å². The Morgan fingerprint density at radius 3 is 2.56 bits per heavy atom. The molecule has 0 atom stereocenters. The molecule has 1 aromatic rings. The van der Waals surface area contributed by atoms with Gasteiger partial charge in [0, 0.05) is 5.54 Å². The Morgan fingerprint density at radius 2 is 2.06 bits per heavy atom. The lowest BCUT2D eigenvalue weighted by molar-refractivity contribution is -0.117. The predicted octanol–water partition coefficient (Wildman–Crippen LogP) is 0.837. The molecule has 0 fully saturated rings. The largest absolute Gasteiger partial charge is 0.374 e. The Morgan fingerprint density at radius 1 is 1.39 bits per heavy atom. The number of nitrogens with two attached hydrogens (primary N) is 1. The van der Waals surface area contributed by atoms with Gasteiger partial charge >= 0.3 is 6.03 Å². The van der Waals surface area contributed by atoms with Crippen LogP contribution in [0.4, 0.5) is 9.93 Å². The topological polar surface area (TPSA) is 110 Å². The minimum absolute atomic E-state index is 0.0895. The minimum Gasteiger partial charge on any atom is -0.374 e. The zero-order valence-electron chi connectivity index (χ0n) is 10.3. The van der Waals surface area contributed by atoms with Crippen molar-refractivity contribution in [3.05, 3.63) is 0 Å². The molecule has 4 N–H and O–H groups in total. The molecule has 3 amide bonds. The van der Waals surface area contributed by atoms with E-state index >= 15 is 0 Å². The Labute approximate surface area is 113 Å². The summed E-state index contributed by atoms with van der Waals surface area (Å²) in [5.74, 6) is -0.304. The Hall–Kier alpha value is -1.35. The van der Waals surface area contributed by atoms with Crippen molar-refractivity contribution in [2.24, 2.45) is 0 Å². The highest BCUT2D eigenvalue weighted by molar-refractivity contribution is 8.01. The highest BCUT2D eigenvalue weighted by atomic mass is 32.2. The molecule has 0 spiro atoms. The molecule has 18 heavy (non-hydrogen) atoms. The van der Waals surface area contributed by atoms with Gasteiger partial charge in [0.1, 0.15) is 0 Å². The third-order valence-electron chi connectivity index (χ3n) is 1.49. The lowest BCUT2D eigenvalue weighted by atomic mass is 10.1. The van der Waals surface area contributed by atoms with Crippen molar-refractivity contribution in [2.75, 3.05) is 11.5 Å². The minimum atomic E-state index is -0.509. The summed E-state index contributed by atoms with van der Waals surface area (Å²) in [6.07, 6.45) is 0. The van der Waals surface area contributed by atoms with E-state index in [9.17, 15) is 9.59 Å². The van der Waals surface area contributed by atoms with Gasteiger partial charge in [-0.3, -0.25) is 10.1 Å². The molecule has 0 bridgehead atoms. The highest BCUT2D eigenvalue weighted by Crippen LogP contribution is 2.22. The van der Waals surface area contributed by atoms with Crippen molar-refractivity contribution in [1.29, 1.82) is 0 Å². The Balaban J connectivity index is 2.32. The zero-order valence-corrected chi connectivity index (χ0v) is 11.9. The first-order chi connectivity index (χ1) is 8.26. The van der Waals surface area contributed by atoms with Crippen LogP contribution < -0.4 is 16.4 Å². The van der Waals surface area contributed by atoms with E-state index in [-0.39, 0.29) is 11.3 Å². The molecule has 7 nitrogen and oxygen atoms in total. The summed E-state index contributed by atoms with van der Waals surface area (Å²) in [6, 6.07) is -0.509. The van der Waals surface area contributed by atoms with Crippen LogP contribution in [0.25, 0.3) is 0 Å². The maximum Gasteiger partial charge on any atom is 0.321 e. The summed E-state index contributed by atoms with van der Waals surface area (Å²) in [5.41, 5.74) is 5.02. The molecular formula is C9H15N5O2S2. The van der Waals surface area contributed by atoms with E-state index in [1.165, 1.54) is 23.1 Å². The van der Waals surface area contributed by atoms with Gasteiger partial charge in [0.25, 0.3) is 0 Å². The standard InChI is InChI=1S/C9H15N5O2S2/c1-9(2,3)12-7(16)11-5(15)4-17-8-14-13-6(10)18-8/h4H2,1-3H3,(H2,10,13)(H2,11,12,15,16). The Kier molecular flexibility index (Phi) is 4.91. The van der Waals surface area contributed by atoms with Crippen molar-refractivity contribution >= 4 is 40.2 Å². The maximum absolute atomic E-state index is 11.5. The number of nitrogen functional groups attached to an aromatic ring is 1. The SMILES string of the molecule is CC(C)(C)NC(=O)NC(=O)CSc1nnc(N)s1. The number of rotatable bonds is 3. The number of anilines is 1. The van der Waals surface area contributed by atoms with Gasteiger partial charge in [-0.05, 0) is 20.8 Å². The summed E-state index contributed by atoms with van der Waals surface area (Å²) < 4.78 is 0.596. The molecule has 0 unspecified atom stereocenters. The van der Waals surface area contributed by atoms with Crippen LogP contribution >= 0.6 is 23.1 Å². The summed E-state index contributed by atoms with van der Waals surface area (Å²) in [4.78, 5) is 22.8. The van der Waals surface area contributed by atoms with E-state index in [0.717, 1.165) is 0 Å². The molecular weight excluding hydrogens is 274 g/mol. The lowest BCUT2D eigenvalue weighted by Crippen LogP contribution is -2.48. The molecule has 0 aliphatic heterocycles. The molecule has 9 heteroatoms. The third-order valence-corrected chi connectivity index (χ3v) is 3.38. The molecule has 0 aliphatic rings. The molecule has 1 rings (SSSR count). The van der Waals surface area contributed by atoms with Crippen molar-refractivity contribution in [2.45, 2.75) is 30.6 Å². The number of carbonyl (C=O) groups is 2. The maximum atomic E-state index is 11.5. The van der Waals surface area contributed by atoms with E-state index in [1.807, 2.05) is 20.8 Å². The number of hydrogen-bond donors (Lipinski definition) is 3. The summed E-state index contributed by atoms with van der Waals surface area (Å²) in [5, 5.41) is 12.6. The van der Waals surface area contributed by atoms with Crippen molar-refractivity contribution in [1.82, 2.24) is 20.8 Å². The number of thioether (sulfide) groups is 1. The van der Waals surface area contributed by atoms with Crippen LogP contribution in [0, 0.1) is 0 Å². The fraction of sp³-hybridized carbons (Fsp3) is 0.556. The van der Waals surface area contributed by atoms with Gasteiger partial charge in [0.2, 0.25) is 11.0 Å². The first kappa shape index (κ1) is 14.7. The number of urea groups is 1. The van der Waals surface area contributed by atoms with Gasteiger partial charge in [0.05, 0.1) is 5.75 Å². The zero-order chi connectivity index (χ0) is 13.8. The predicted molar refractivity (Wildman–Crippen MR) is 71.5 cm³/mol. The molecule has 100 valence electrons. The third kappa shape index (κ3) is 5.82. The number of imide groups is 1.